The van der Waals surface area contributed by atoms with Crippen LogP contribution in [0.3, 0.4) is 0 Å². The predicted octanol–water partition coefficient (Wildman–Crippen LogP) is 3.12. The van der Waals surface area contributed by atoms with Gasteiger partial charge in [-0.3, -0.25) is 14.6 Å². The van der Waals surface area contributed by atoms with Crippen molar-refractivity contribution in [2.24, 2.45) is 0 Å². The van der Waals surface area contributed by atoms with Crippen LogP contribution in [0.5, 0.6) is 5.75 Å². The van der Waals surface area contributed by atoms with Gasteiger partial charge in [0.25, 0.3) is 11.7 Å². The van der Waals surface area contributed by atoms with Crippen molar-refractivity contribution < 1.29 is 19.4 Å². The molecule has 158 valence electrons. The number of amides is 1. The van der Waals surface area contributed by atoms with Crippen LogP contribution < -0.4 is 4.74 Å². The molecule has 1 aromatic carbocycles. The summed E-state index contributed by atoms with van der Waals surface area (Å²) >= 11 is 6.28. The molecule has 1 unspecified atom stereocenters. The van der Waals surface area contributed by atoms with Crippen LogP contribution in [-0.2, 0) is 9.59 Å². The van der Waals surface area contributed by atoms with E-state index in [9.17, 15) is 14.7 Å². The summed E-state index contributed by atoms with van der Waals surface area (Å²) in [6.45, 7) is 1.10. The number of nitrogens with zero attached hydrogens (tertiary/aromatic N) is 3. The Kier molecular flexibility index (Phi) is 6.74. The number of rotatable bonds is 7. The van der Waals surface area contributed by atoms with Crippen LogP contribution in [0.25, 0.3) is 5.76 Å². The maximum absolute atomic E-state index is 13.0. The fraction of sp³-hybridized carbons (Fsp3) is 0.318. The molecule has 1 aromatic heterocycles. The van der Waals surface area contributed by atoms with Crippen LogP contribution in [0.2, 0.25) is 5.02 Å². The van der Waals surface area contributed by atoms with E-state index in [0.717, 1.165) is 6.54 Å². The summed E-state index contributed by atoms with van der Waals surface area (Å²) in [6, 6.07) is 9.22. The van der Waals surface area contributed by atoms with Crippen molar-refractivity contribution in [2.45, 2.75) is 12.5 Å². The third kappa shape index (κ3) is 4.32. The number of ketones is 1. The number of aliphatic hydroxyl groups excluding tert-OH is 1. The highest BCUT2D eigenvalue weighted by Gasteiger charge is 2.46. The lowest BCUT2D eigenvalue weighted by Gasteiger charge is -2.25. The Morgan fingerprint density at radius 2 is 2.03 bits per heavy atom. The van der Waals surface area contributed by atoms with E-state index in [1.165, 1.54) is 18.1 Å². The lowest BCUT2D eigenvalue weighted by molar-refractivity contribution is -0.140. The molecule has 0 saturated carbocycles. The second-order valence-electron chi connectivity index (χ2n) is 7.25. The number of carbonyl (C=O) groups is 2. The van der Waals surface area contributed by atoms with Crippen molar-refractivity contribution in [2.75, 3.05) is 34.3 Å². The van der Waals surface area contributed by atoms with Crippen molar-refractivity contribution in [1.29, 1.82) is 0 Å². The number of benzene rings is 1. The van der Waals surface area contributed by atoms with E-state index in [4.69, 9.17) is 16.3 Å². The van der Waals surface area contributed by atoms with E-state index < -0.39 is 17.7 Å². The van der Waals surface area contributed by atoms with Gasteiger partial charge in [0.15, 0.2) is 0 Å². The summed E-state index contributed by atoms with van der Waals surface area (Å²) in [6.07, 6.45) is 2.26. The Morgan fingerprint density at radius 3 is 2.67 bits per heavy atom. The second kappa shape index (κ2) is 9.28. The molecule has 7 nitrogen and oxygen atoms in total. The Balaban J connectivity index is 2.12. The van der Waals surface area contributed by atoms with E-state index in [1.54, 1.807) is 36.5 Å². The molecule has 1 fully saturated rings. The number of aromatic nitrogens is 1. The van der Waals surface area contributed by atoms with Gasteiger partial charge in [0.05, 0.1) is 23.4 Å². The summed E-state index contributed by atoms with van der Waals surface area (Å²) in [4.78, 5) is 33.6. The van der Waals surface area contributed by atoms with Crippen LogP contribution in [0.15, 0.2) is 48.2 Å². The molecule has 1 aliphatic rings. The number of methoxy groups -OCH3 is 1. The molecular formula is C22H24ClN3O4. The third-order valence-corrected chi connectivity index (χ3v) is 5.27. The van der Waals surface area contributed by atoms with Gasteiger partial charge in [0.2, 0.25) is 0 Å². The lowest BCUT2D eigenvalue weighted by atomic mass is 9.98. The molecular weight excluding hydrogens is 406 g/mol. The molecule has 2 aromatic rings. The van der Waals surface area contributed by atoms with Gasteiger partial charge < -0.3 is 19.6 Å². The number of halogens is 1. The fourth-order valence-electron chi connectivity index (χ4n) is 3.47. The topological polar surface area (TPSA) is 83.0 Å². The molecule has 0 radical (unpaired) electrons. The Morgan fingerprint density at radius 1 is 1.27 bits per heavy atom. The first kappa shape index (κ1) is 21.8. The largest absolute Gasteiger partial charge is 0.507 e. The van der Waals surface area contributed by atoms with Gasteiger partial charge in [0.1, 0.15) is 17.6 Å². The smallest absolute Gasteiger partial charge is 0.295 e. The molecule has 1 saturated heterocycles. The first-order valence-corrected chi connectivity index (χ1v) is 9.91. The number of likely N-dealkylation sites (tertiary alicyclic amines) is 1. The molecule has 8 heteroatoms. The van der Waals surface area contributed by atoms with Gasteiger partial charge in [-0.05, 0) is 57.4 Å². The summed E-state index contributed by atoms with van der Waals surface area (Å²) < 4.78 is 5.21. The van der Waals surface area contributed by atoms with Crippen LogP contribution >= 0.6 is 11.6 Å². The number of ether oxygens (including phenoxy) is 1. The standard InChI is InChI=1S/C22H24ClN3O4/c1-25(2)11-6-12-26-19(17-7-4-5-10-24-17)18(21(28)22(26)29)20(27)15-13-14(30-3)8-9-16(15)23/h4-5,7-10,13,19,27H,6,11-12H2,1-3H3/b20-18+. The van der Waals surface area contributed by atoms with E-state index in [0.29, 0.717) is 24.4 Å². The quantitative estimate of drug-likeness (QED) is 0.413. The average molecular weight is 430 g/mol. The molecule has 1 atom stereocenters. The maximum atomic E-state index is 13.0. The summed E-state index contributed by atoms with van der Waals surface area (Å²) in [5, 5.41) is 11.3. The highest BCUT2D eigenvalue weighted by molar-refractivity contribution is 6.47. The van der Waals surface area contributed by atoms with Gasteiger partial charge in [-0.25, -0.2) is 0 Å². The fourth-order valence-corrected chi connectivity index (χ4v) is 3.68. The van der Waals surface area contributed by atoms with E-state index in [1.807, 2.05) is 19.0 Å². The maximum Gasteiger partial charge on any atom is 0.295 e. The second-order valence-corrected chi connectivity index (χ2v) is 7.66. The molecule has 0 bridgehead atoms. The summed E-state index contributed by atoms with van der Waals surface area (Å²) in [5.41, 5.74) is 0.698. The van der Waals surface area contributed by atoms with Crippen molar-refractivity contribution in [3.63, 3.8) is 0 Å². The number of hydrogen-bond donors (Lipinski definition) is 1. The Labute approximate surface area is 180 Å². The minimum Gasteiger partial charge on any atom is -0.507 e. The zero-order valence-electron chi connectivity index (χ0n) is 17.1. The van der Waals surface area contributed by atoms with Crippen molar-refractivity contribution in [3.8, 4) is 5.75 Å². The van der Waals surface area contributed by atoms with Crippen molar-refractivity contribution >= 4 is 29.1 Å². The van der Waals surface area contributed by atoms with Gasteiger partial charge in [-0.15, -0.1) is 0 Å². The van der Waals surface area contributed by atoms with E-state index in [-0.39, 0.29) is 21.9 Å². The van der Waals surface area contributed by atoms with Crippen molar-refractivity contribution in [3.05, 3.63) is 64.4 Å². The SMILES string of the molecule is COc1ccc(Cl)c(/C(O)=C2\C(=O)C(=O)N(CCCN(C)C)C2c2ccccn2)c1. The first-order valence-electron chi connectivity index (χ1n) is 9.53. The highest BCUT2D eigenvalue weighted by atomic mass is 35.5. The number of pyridine rings is 1. The normalized spacial score (nSPS) is 18.3. The number of hydrogen-bond acceptors (Lipinski definition) is 6. The zero-order valence-corrected chi connectivity index (χ0v) is 17.9. The highest BCUT2D eigenvalue weighted by Crippen LogP contribution is 2.40. The van der Waals surface area contributed by atoms with Crippen LogP contribution in [0.1, 0.15) is 23.7 Å². The van der Waals surface area contributed by atoms with Gasteiger partial charge in [0, 0.05) is 18.3 Å². The summed E-state index contributed by atoms with van der Waals surface area (Å²) in [5.74, 6) is -1.30. The van der Waals surface area contributed by atoms with Gasteiger partial charge in [-0.1, -0.05) is 17.7 Å². The molecule has 1 N–H and O–H groups in total. The molecule has 2 heterocycles. The molecule has 0 aliphatic carbocycles. The van der Waals surface area contributed by atoms with Crippen LogP contribution in [0, 0.1) is 0 Å². The number of Topliss-reactive ketones (excluding diaryl/α,β-unsaturated/α-hetero) is 1. The molecule has 1 amide bonds. The minimum atomic E-state index is -0.796. The van der Waals surface area contributed by atoms with Crippen LogP contribution in [-0.4, -0.2) is 65.9 Å². The molecule has 1 aliphatic heterocycles. The predicted molar refractivity (Wildman–Crippen MR) is 114 cm³/mol. The molecule has 30 heavy (non-hydrogen) atoms. The molecule has 3 rings (SSSR count). The Hall–Kier alpha value is -2.90. The Bertz CT molecular complexity index is 976. The minimum absolute atomic E-state index is 0.0290. The van der Waals surface area contributed by atoms with E-state index >= 15 is 0 Å². The zero-order chi connectivity index (χ0) is 21.8. The van der Waals surface area contributed by atoms with Gasteiger partial charge >= 0.3 is 0 Å². The van der Waals surface area contributed by atoms with Gasteiger partial charge in [-0.2, -0.15) is 0 Å². The lowest BCUT2D eigenvalue weighted by Crippen LogP contribution is -2.32. The first-order chi connectivity index (χ1) is 14.3. The number of carbonyl (C=O) groups excluding carboxylic acids is 2. The van der Waals surface area contributed by atoms with E-state index in [2.05, 4.69) is 4.98 Å². The third-order valence-electron chi connectivity index (χ3n) is 4.94. The average Bonchev–Trinajstić information content (AvgIpc) is 2.99. The summed E-state index contributed by atoms with van der Waals surface area (Å²) in [7, 11) is 5.37. The number of aliphatic hydroxyl groups is 1. The monoisotopic (exact) mass is 429 g/mol. The molecule has 0 spiro atoms. The van der Waals surface area contributed by atoms with Crippen molar-refractivity contribution in [1.82, 2.24) is 14.8 Å². The van der Waals surface area contributed by atoms with Crippen LogP contribution in [0.4, 0.5) is 0 Å².